The first-order valence-corrected chi connectivity index (χ1v) is 7.61. The van der Waals surface area contributed by atoms with Crippen molar-refractivity contribution < 1.29 is 17.6 Å². The van der Waals surface area contributed by atoms with E-state index in [2.05, 4.69) is 0 Å². The molecule has 4 nitrogen and oxygen atoms in total. The highest BCUT2D eigenvalue weighted by atomic mass is 32.2. The van der Waals surface area contributed by atoms with Crippen LogP contribution in [0.3, 0.4) is 0 Å². The van der Waals surface area contributed by atoms with Gasteiger partial charge in [-0.25, -0.2) is 8.42 Å². The number of aryl methyl sites for hydroxylation is 1. The Labute approximate surface area is 112 Å². The fraction of sp³-hybridized carbons (Fsp3) is 0.214. The lowest BCUT2D eigenvalue weighted by Gasteiger charge is -2.05. The molecule has 1 heterocycles. The normalized spacial score (nSPS) is 11.4. The van der Waals surface area contributed by atoms with Crippen LogP contribution >= 0.6 is 0 Å². The number of rotatable bonds is 5. The molecule has 0 spiro atoms. The van der Waals surface area contributed by atoms with E-state index in [1.54, 1.807) is 6.07 Å². The predicted molar refractivity (Wildman–Crippen MR) is 71.6 cm³/mol. The third-order valence-electron chi connectivity index (χ3n) is 2.80. The Morgan fingerprint density at radius 3 is 2.47 bits per heavy atom. The molecular weight excluding hydrogens is 264 g/mol. The molecular formula is C14H14O4S. The third kappa shape index (κ3) is 3.54. The van der Waals surface area contributed by atoms with Crippen LogP contribution in [0, 0.1) is 6.92 Å². The molecule has 19 heavy (non-hydrogen) atoms. The Kier molecular flexibility index (Phi) is 3.85. The maximum Gasteiger partial charge on any atom is 0.185 e. The molecule has 1 aromatic carbocycles. The molecule has 0 aliphatic carbocycles. The van der Waals surface area contributed by atoms with Crippen LogP contribution in [0.5, 0.6) is 0 Å². The number of carbonyl (C=O) groups excluding carboxylic acids is 1. The van der Waals surface area contributed by atoms with Crippen LogP contribution < -0.4 is 0 Å². The van der Waals surface area contributed by atoms with Crippen molar-refractivity contribution >= 4 is 16.1 Å². The van der Waals surface area contributed by atoms with Crippen LogP contribution in [0.4, 0.5) is 0 Å². The summed E-state index contributed by atoms with van der Waals surface area (Å²) in [4.78, 5) is 10.5. The Bertz CT molecular complexity index is 683. The van der Waals surface area contributed by atoms with E-state index >= 15 is 0 Å². The van der Waals surface area contributed by atoms with Crippen LogP contribution in [0.25, 0.3) is 0 Å². The second kappa shape index (κ2) is 5.40. The van der Waals surface area contributed by atoms with E-state index in [1.165, 1.54) is 12.1 Å². The van der Waals surface area contributed by atoms with Gasteiger partial charge in [-0.15, -0.1) is 0 Å². The second-order valence-electron chi connectivity index (χ2n) is 4.38. The van der Waals surface area contributed by atoms with Crippen molar-refractivity contribution in [2.24, 2.45) is 0 Å². The Morgan fingerprint density at radius 1 is 1.11 bits per heavy atom. The van der Waals surface area contributed by atoms with Gasteiger partial charge in [-0.1, -0.05) is 24.3 Å². The number of sulfone groups is 1. The van der Waals surface area contributed by atoms with E-state index in [-0.39, 0.29) is 23.0 Å². The summed E-state index contributed by atoms with van der Waals surface area (Å²) in [5.41, 5.74) is 1.73. The van der Waals surface area contributed by atoms with Gasteiger partial charge >= 0.3 is 0 Å². The highest BCUT2D eigenvalue weighted by molar-refractivity contribution is 7.89. The summed E-state index contributed by atoms with van der Waals surface area (Å²) in [5, 5.41) is 0. The van der Waals surface area contributed by atoms with E-state index in [4.69, 9.17) is 4.42 Å². The zero-order valence-corrected chi connectivity index (χ0v) is 11.3. The van der Waals surface area contributed by atoms with E-state index in [9.17, 15) is 13.2 Å². The average molecular weight is 278 g/mol. The summed E-state index contributed by atoms with van der Waals surface area (Å²) in [5.74, 6) is 0.197. The highest BCUT2D eigenvalue weighted by Crippen LogP contribution is 2.16. The number of hydrogen-bond donors (Lipinski definition) is 0. The molecule has 0 fully saturated rings. The Morgan fingerprint density at radius 2 is 1.84 bits per heavy atom. The molecule has 0 amide bonds. The lowest BCUT2D eigenvalue weighted by molar-refractivity contribution is 0.109. The fourth-order valence-electron chi connectivity index (χ4n) is 1.81. The quantitative estimate of drug-likeness (QED) is 0.788. The van der Waals surface area contributed by atoms with E-state index in [0.29, 0.717) is 6.29 Å². The topological polar surface area (TPSA) is 64.3 Å². The zero-order valence-electron chi connectivity index (χ0n) is 10.5. The third-order valence-corrected chi connectivity index (χ3v) is 4.27. The van der Waals surface area contributed by atoms with Gasteiger partial charge in [0.2, 0.25) is 0 Å². The molecule has 0 N–H and O–H groups in total. The fourth-order valence-corrected chi connectivity index (χ4v) is 3.30. The lowest BCUT2D eigenvalue weighted by atomic mass is 10.1. The van der Waals surface area contributed by atoms with Crippen molar-refractivity contribution in [1.82, 2.24) is 0 Å². The first-order valence-electron chi connectivity index (χ1n) is 5.79. The van der Waals surface area contributed by atoms with Gasteiger partial charge in [-0.3, -0.25) is 4.79 Å². The highest BCUT2D eigenvalue weighted by Gasteiger charge is 2.16. The van der Waals surface area contributed by atoms with Gasteiger partial charge in [0.05, 0.1) is 5.75 Å². The largest absolute Gasteiger partial charge is 0.457 e. The molecule has 0 aliphatic heterocycles. The van der Waals surface area contributed by atoms with Crippen LogP contribution in [-0.2, 0) is 21.3 Å². The first kappa shape index (κ1) is 13.5. The van der Waals surface area contributed by atoms with Crippen molar-refractivity contribution in [3.8, 4) is 0 Å². The number of furan rings is 1. The number of benzene rings is 1. The minimum absolute atomic E-state index is 0.0310. The smallest absolute Gasteiger partial charge is 0.185 e. The van der Waals surface area contributed by atoms with E-state index < -0.39 is 9.84 Å². The van der Waals surface area contributed by atoms with Crippen LogP contribution in [0.1, 0.15) is 27.4 Å². The Hall–Kier alpha value is -1.88. The lowest BCUT2D eigenvalue weighted by Crippen LogP contribution is -2.08. The van der Waals surface area contributed by atoms with Crippen molar-refractivity contribution in [3.63, 3.8) is 0 Å². The van der Waals surface area contributed by atoms with Gasteiger partial charge in [0.1, 0.15) is 11.5 Å². The van der Waals surface area contributed by atoms with Crippen LogP contribution in [-0.4, -0.2) is 14.7 Å². The van der Waals surface area contributed by atoms with E-state index in [0.717, 1.165) is 11.1 Å². The van der Waals surface area contributed by atoms with Crippen molar-refractivity contribution in [2.45, 2.75) is 18.4 Å². The van der Waals surface area contributed by atoms with E-state index in [1.807, 2.05) is 25.1 Å². The monoisotopic (exact) mass is 278 g/mol. The molecule has 100 valence electrons. The molecule has 0 saturated heterocycles. The predicted octanol–water partition coefficient (Wildman–Crippen LogP) is 2.52. The molecule has 0 radical (unpaired) electrons. The number of carbonyl (C=O) groups is 1. The molecule has 0 bridgehead atoms. The minimum atomic E-state index is -3.31. The molecule has 0 aliphatic rings. The molecule has 0 atom stereocenters. The summed E-state index contributed by atoms with van der Waals surface area (Å²) >= 11 is 0. The molecule has 2 aromatic rings. The summed E-state index contributed by atoms with van der Waals surface area (Å²) in [6, 6.07) is 10.3. The standard InChI is InChI=1S/C14H14O4S/c1-11-4-2-3-5-12(11)9-19(16,17)10-14-7-6-13(8-15)18-14/h2-8H,9-10H2,1H3. The van der Waals surface area contributed by atoms with Gasteiger partial charge < -0.3 is 4.42 Å². The summed E-state index contributed by atoms with van der Waals surface area (Å²) in [6.45, 7) is 1.88. The molecule has 0 unspecified atom stereocenters. The minimum Gasteiger partial charge on any atom is -0.457 e. The summed E-state index contributed by atoms with van der Waals surface area (Å²) < 4.78 is 29.2. The molecule has 1 aromatic heterocycles. The van der Waals surface area contributed by atoms with Crippen molar-refractivity contribution in [1.29, 1.82) is 0 Å². The zero-order chi connectivity index (χ0) is 13.9. The SMILES string of the molecule is Cc1ccccc1CS(=O)(=O)Cc1ccc(C=O)o1. The summed E-state index contributed by atoms with van der Waals surface area (Å²) in [7, 11) is -3.31. The molecule has 5 heteroatoms. The first-order chi connectivity index (χ1) is 9.00. The van der Waals surface area contributed by atoms with Crippen molar-refractivity contribution in [3.05, 3.63) is 59.0 Å². The maximum absolute atomic E-state index is 12.1. The van der Waals surface area contributed by atoms with Gasteiger partial charge in [-0.05, 0) is 30.2 Å². The number of hydrogen-bond acceptors (Lipinski definition) is 4. The van der Waals surface area contributed by atoms with Gasteiger partial charge in [-0.2, -0.15) is 0 Å². The van der Waals surface area contributed by atoms with Gasteiger partial charge in [0.25, 0.3) is 0 Å². The Balaban J connectivity index is 2.15. The average Bonchev–Trinajstić information content (AvgIpc) is 2.78. The maximum atomic E-state index is 12.1. The van der Waals surface area contributed by atoms with Gasteiger partial charge in [0, 0.05) is 0 Å². The van der Waals surface area contributed by atoms with Crippen molar-refractivity contribution in [2.75, 3.05) is 0 Å². The van der Waals surface area contributed by atoms with Crippen LogP contribution in [0.15, 0.2) is 40.8 Å². The number of aldehydes is 1. The second-order valence-corrected chi connectivity index (χ2v) is 6.45. The van der Waals surface area contributed by atoms with Gasteiger partial charge in [0.15, 0.2) is 21.9 Å². The molecule has 0 saturated carbocycles. The summed E-state index contributed by atoms with van der Waals surface area (Å²) in [6.07, 6.45) is 0.553. The van der Waals surface area contributed by atoms with Crippen LogP contribution in [0.2, 0.25) is 0 Å². The molecule has 2 rings (SSSR count).